The standard InChI is InChI=1S/C16H35N3/c1-7-16(4,5)17-12-14(3)18(6)13-15-10-9-11-19(15)8-2/h14-15,17H,7-13H2,1-6H3. The first-order valence-corrected chi connectivity index (χ1v) is 8.09. The van der Waals surface area contributed by atoms with Crippen LogP contribution in [0.4, 0.5) is 0 Å². The molecule has 1 aliphatic rings. The fourth-order valence-electron chi connectivity index (χ4n) is 2.74. The van der Waals surface area contributed by atoms with Crippen molar-refractivity contribution in [2.45, 2.75) is 71.5 Å². The van der Waals surface area contributed by atoms with Gasteiger partial charge in [-0.3, -0.25) is 4.90 Å². The molecule has 0 aliphatic carbocycles. The van der Waals surface area contributed by atoms with Crippen LogP contribution in [0, 0.1) is 0 Å². The normalized spacial score (nSPS) is 23.2. The third-order valence-electron chi connectivity index (χ3n) is 4.92. The second-order valence-electron chi connectivity index (χ2n) is 6.83. The van der Waals surface area contributed by atoms with Crippen LogP contribution in [-0.4, -0.2) is 60.6 Å². The highest BCUT2D eigenvalue weighted by Gasteiger charge is 2.25. The highest BCUT2D eigenvalue weighted by molar-refractivity contribution is 4.83. The van der Waals surface area contributed by atoms with E-state index >= 15 is 0 Å². The molecule has 0 saturated carbocycles. The quantitative estimate of drug-likeness (QED) is 0.730. The van der Waals surface area contributed by atoms with Gasteiger partial charge in [0.1, 0.15) is 0 Å². The van der Waals surface area contributed by atoms with Gasteiger partial charge in [-0.25, -0.2) is 0 Å². The Bertz CT molecular complexity index is 252. The van der Waals surface area contributed by atoms with Crippen molar-refractivity contribution in [3.63, 3.8) is 0 Å². The number of hydrogen-bond acceptors (Lipinski definition) is 3. The molecular weight excluding hydrogens is 234 g/mol. The lowest BCUT2D eigenvalue weighted by Gasteiger charge is -2.34. The van der Waals surface area contributed by atoms with E-state index in [2.05, 4.69) is 56.8 Å². The van der Waals surface area contributed by atoms with Crippen LogP contribution in [0.15, 0.2) is 0 Å². The SMILES string of the molecule is CCN1CCCC1CN(C)C(C)CNC(C)(C)CC. The molecule has 1 aliphatic heterocycles. The molecule has 0 aromatic heterocycles. The first-order valence-electron chi connectivity index (χ1n) is 8.09. The van der Waals surface area contributed by atoms with Gasteiger partial charge in [-0.15, -0.1) is 0 Å². The lowest BCUT2D eigenvalue weighted by atomic mass is 10.0. The number of hydrogen-bond donors (Lipinski definition) is 1. The Morgan fingerprint density at radius 1 is 1.37 bits per heavy atom. The van der Waals surface area contributed by atoms with Crippen LogP contribution in [0.1, 0.15) is 53.9 Å². The van der Waals surface area contributed by atoms with E-state index in [0.717, 1.165) is 12.6 Å². The van der Waals surface area contributed by atoms with Gasteiger partial charge in [0.25, 0.3) is 0 Å². The Balaban J connectivity index is 2.34. The molecule has 2 unspecified atom stereocenters. The van der Waals surface area contributed by atoms with E-state index in [9.17, 15) is 0 Å². The predicted octanol–water partition coefficient (Wildman–Crippen LogP) is 2.57. The van der Waals surface area contributed by atoms with Gasteiger partial charge in [0, 0.05) is 30.7 Å². The summed E-state index contributed by atoms with van der Waals surface area (Å²) < 4.78 is 0. The smallest absolute Gasteiger partial charge is 0.0223 e. The molecule has 0 aromatic rings. The minimum absolute atomic E-state index is 0.262. The van der Waals surface area contributed by atoms with Crippen molar-refractivity contribution in [1.29, 1.82) is 0 Å². The van der Waals surface area contributed by atoms with Gasteiger partial charge in [0.15, 0.2) is 0 Å². The first kappa shape index (κ1) is 16.9. The highest BCUT2D eigenvalue weighted by atomic mass is 15.2. The molecule has 0 spiro atoms. The Hall–Kier alpha value is -0.120. The van der Waals surface area contributed by atoms with Crippen molar-refractivity contribution >= 4 is 0 Å². The average Bonchev–Trinajstić information content (AvgIpc) is 2.83. The fourth-order valence-corrected chi connectivity index (χ4v) is 2.74. The first-order chi connectivity index (χ1) is 8.89. The van der Waals surface area contributed by atoms with Crippen LogP contribution in [0.5, 0.6) is 0 Å². The summed E-state index contributed by atoms with van der Waals surface area (Å²) in [5, 5.41) is 3.68. The second-order valence-corrected chi connectivity index (χ2v) is 6.83. The number of nitrogens with zero attached hydrogens (tertiary/aromatic N) is 2. The summed E-state index contributed by atoms with van der Waals surface area (Å²) in [7, 11) is 2.28. The number of rotatable bonds is 8. The Kier molecular flexibility index (Phi) is 6.78. The van der Waals surface area contributed by atoms with Crippen molar-refractivity contribution in [2.24, 2.45) is 0 Å². The maximum Gasteiger partial charge on any atom is 0.0223 e. The Morgan fingerprint density at radius 2 is 2.05 bits per heavy atom. The Labute approximate surface area is 120 Å². The predicted molar refractivity (Wildman–Crippen MR) is 84.7 cm³/mol. The summed E-state index contributed by atoms with van der Waals surface area (Å²) in [6, 6.07) is 1.38. The van der Waals surface area contributed by atoms with E-state index in [4.69, 9.17) is 0 Å². The Morgan fingerprint density at radius 3 is 2.63 bits per heavy atom. The van der Waals surface area contributed by atoms with Crippen molar-refractivity contribution in [1.82, 2.24) is 15.1 Å². The maximum atomic E-state index is 3.68. The molecule has 0 bridgehead atoms. The zero-order valence-electron chi connectivity index (χ0n) is 14.0. The lowest BCUT2D eigenvalue weighted by Crippen LogP contribution is -2.49. The number of nitrogens with one attached hydrogen (secondary N) is 1. The van der Waals surface area contributed by atoms with Crippen LogP contribution in [0.2, 0.25) is 0 Å². The summed E-state index contributed by atoms with van der Waals surface area (Å²) in [4.78, 5) is 5.16. The van der Waals surface area contributed by atoms with E-state index in [-0.39, 0.29) is 5.54 Å². The van der Waals surface area contributed by atoms with E-state index < -0.39 is 0 Å². The van der Waals surface area contributed by atoms with Crippen molar-refractivity contribution in [2.75, 3.05) is 33.2 Å². The van der Waals surface area contributed by atoms with Crippen LogP contribution in [-0.2, 0) is 0 Å². The highest BCUT2D eigenvalue weighted by Crippen LogP contribution is 2.18. The minimum atomic E-state index is 0.262. The average molecular weight is 269 g/mol. The summed E-state index contributed by atoms with van der Waals surface area (Å²) in [6.07, 6.45) is 3.93. The largest absolute Gasteiger partial charge is 0.310 e. The molecule has 114 valence electrons. The fraction of sp³-hybridized carbons (Fsp3) is 1.00. The summed E-state index contributed by atoms with van der Waals surface area (Å²) >= 11 is 0. The molecule has 19 heavy (non-hydrogen) atoms. The van der Waals surface area contributed by atoms with Gasteiger partial charge in [-0.05, 0) is 60.2 Å². The van der Waals surface area contributed by atoms with Crippen LogP contribution < -0.4 is 5.32 Å². The third kappa shape index (κ3) is 5.41. The van der Waals surface area contributed by atoms with E-state index in [1.54, 1.807) is 0 Å². The summed E-state index contributed by atoms with van der Waals surface area (Å²) in [5.41, 5.74) is 0.262. The van der Waals surface area contributed by atoms with Gasteiger partial charge < -0.3 is 10.2 Å². The molecule has 0 aromatic carbocycles. The van der Waals surface area contributed by atoms with E-state index in [1.807, 2.05) is 0 Å². The third-order valence-corrected chi connectivity index (χ3v) is 4.92. The van der Waals surface area contributed by atoms with E-state index in [1.165, 1.54) is 38.9 Å². The molecule has 0 amide bonds. The molecule has 3 nitrogen and oxygen atoms in total. The van der Waals surface area contributed by atoms with Crippen molar-refractivity contribution in [3.05, 3.63) is 0 Å². The number of likely N-dealkylation sites (tertiary alicyclic amines) is 1. The molecule has 3 heteroatoms. The van der Waals surface area contributed by atoms with Crippen molar-refractivity contribution in [3.8, 4) is 0 Å². The monoisotopic (exact) mass is 269 g/mol. The summed E-state index contributed by atoms with van der Waals surface area (Å²) in [6.45, 7) is 16.2. The molecule has 1 rings (SSSR count). The summed E-state index contributed by atoms with van der Waals surface area (Å²) in [5.74, 6) is 0. The molecule has 1 N–H and O–H groups in total. The molecule has 2 atom stereocenters. The van der Waals surface area contributed by atoms with Gasteiger partial charge in [0.2, 0.25) is 0 Å². The topological polar surface area (TPSA) is 18.5 Å². The number of likely N-dealkylation sites (N-methyl/N-ethyl adjacent to an activating group) is 2. The van der Waals surface area contributed by atoms with Crippen LogP contribution in [0.25, 0.3) is 0 Å². The van der Waals surface area contributed by atoms with E-state index in [0.29, 0.717) is 6.04 Å². The molecule has 0 radical (unpaired) electrons. The maximum absolute atomic E-state index is 3.68. The second kappa shape index (κ2) is 7.61. The van der Waals surface area contributed by atoms with Crippen LogP contribution in [0.3, 0.4) is 0 Å². The molecule has 1 saturated heterocycles. The molecule has 1 fully saturated rings. The minimum Gasteiger partial charge on any atom is -0.310 e. The molecular formula is C16H35N3. The zero-order valence-corrected chi connectivity index (χ0v) is 14.0. The lowest BCUT2D eigenvalue weighted by molar-refractivity contribution is 0.162. The van der Waals surface area contributed by atoms with Gasteiger partial charge >= 0.3 is 0 Å². The van der Waals surface area contributed by atoms with Crippen molar-refractivity contribution < 1.29 is 0 Å². The van der Waals surface area contributed by atoms with Crippen LogP contribution >= 0.6 is 0 Å². The zero-order chi connectivity index (χ0) is 14.5. The van der Waals surface area contributed by atoms with Gasteiger partial charge in [0.05, 0.1) is 0 Å². The van der Waals surface area contributed by atoms with Gasteiger partial charge in [-0.1, -0.05) is 13.8 Å². The van der Waals surface area contributed by atoms with Gasteiger partial charge in [-0.2, -0.15) is 0 Å². The molecule has 1 heterocycles.